The summed E-state index contributed by atoms with van der Waals surface area (Å²) in [5.41, 5.74) is 1.58. The molecule has 0 radical (unpaired) electrons. The van der Waals surface area contributed by atoms with Crippen LogP contribution in [0.15, 0.2) is 29.1 Å². The first kappa shape index (κ1) is 29.7. The van der Waals surface area contributed by atoms with E-state index in [1.165, 1.54) is 18.9 Å². The van der Waals surface area contributed by atoms with Crippen LogP contribution in [0, 0.1) is 52.3 Å². The molecular weight excluding hydrogens is 603 g/mol. The Morgan fingerprint density at radius 3 is 2.59 bits per heavy atom. The lowest BCUT2D eigenvalue weighted by molar-refractivity contribution is -0.219. The van der Waals surface area contributed by atoms with Crippen molar-refractivity contribution in [1.82, 2.24) is 15.6 Å². The number of carbonyl (C=O) groups excluding carboxylic acids is 2. The molecule has 9 rings (SSSR count). The van der Waals surface area contributed by atoms with E-state index in [-0.39, 0.29) is 53.0 Å². The second-order valence-corrected chi connectivity index (χ2v) is 14.7. The summed E-state index contributed by atoms with van der Waals surface area (Å²) in [6.45, 7) is 0. The zero-order valence-corrected chi connectivity index (χ0v) is 25.3. The standard InChI is InChI=1S/C33H36F3N5O5/c1-45-30-22(8-17(10-38-30)25-21-7-16(9-23(21)46-41-25)27(42)33(34,35)36)28(43)39-26-19-5-4-18(20(19)6-15-2-3-15)24(26)29(44)40-32-11-31(12-32,13-32)14-37/h6,8,10,15-16,18-19,21,23-24,26-27,42H,2-5,7,9,11-13H2,1H3,(H,39,43)(H,40,44)/b20-6-/t16?,18-,19+,21?,23?,24-,26+,27?,31?,32?/m0/s1. The molecule has 244 valence electrons. The molecular formula is C33H36F3N5O5. The third-order valence-corrected chi connectivity index (χ3v) is 11.8. The number of methoxy groups -OCH3 is 1. The maximum absolute atomic E-state index is 14.0. The number of allylic oxidation sites excluding steroid dienone is 1. The van der Waals surface area contributed by atoms with Gasteiger partial charge in [-0.1, -0.05) is 16.8 Å². The van der Waals surface area contributed by atoms with Gasteiger partial charge in [0.25, 0.3) is 5.91 Å². The highest BCUT2D eigenvalue weighted by Crippen LogP contribution is 2.67. The molecule has 0 saturated heterocycles. The zero-order chi connectivity index (χ0) is 32.2. The van der Waals surface area contributed by atoms with Crippen LogP contribution in [0.3, 0.4) is 0 Å². The molecule has 8 atom stereocenters. The number of alkyl halides is 3. The maximum Gasteiger partial charge on any atom is 0.414 e. The molecule has 7 saturated carbocycles. The maximum atomic E-state index is 14.0. The fourth-order valence-electron chi connectivity index (χ4n) is 9.52. The number of carbonyl (C=O) groups is 2. The van der Waals surface area contributed by atoms with Crippen LogP contribution >= 0.6 is 0 Å². The Balaban J connectivity index is 1.03. The van der Waals surface area contributed by atoms with E-state index in [2.05, 4.69) is 32.9 Å². The molecule has 1 aliphatic heterocycles. The van der Waals surface area contributed by atoms with Crippen LogP contribution < -0.4 is 15.4 Å². The third kappa shape index (κ3) is 4.61. The van der Waals surface area contributed by atoms with E-state index in [9.17, 15) is 33.1 Å². The van der Waals surface area contributed by atoms with Crippen molar-refractivity contribution in [3.8, 4) is 11.9 Å². The van der Waals surface area contributed by atoms with E-state index < -0.39 is 48.1 Å². The highest BCUT2D eigenvalue weighted by atomic mass is 19.4. The van der Waals surface area contributed by atoms with Crippen LogP contribution in [0.2, 0.25) is 0 Å². The predicted octanol–water partition coefficient (Wildman–Crippen LogP) is 3.80. The number of fused-ring (bicyclic) bond motifs is 3. The molecule has 2 amide bonds. The molecule has 0 spiro atoms. The quantitative estimate of drug-likeness (QED) is 0.367. The average molecular weight is 640 g/mol. The molecule has 1 aromatic rings. The number of nitrogens with one attached hydrogen (secondary N) is 2. The van der Waals surface area contributed by atoms with Crippen molar-refractivity contribution in [2.45, 2.75) is 87.8 Å². The molecule has 0 aromatic carbocycles. The minimum atomic E-state index is -4.73. The SMILES string of the molecule is COc1ncc(C2=NOC3CC(C(O)C(F)(F)F)CC23)cc1C(=O)N[C@H]1[C@@H](C(=O)NC23CC(C#N)(C2)C3)[C@H]2CC[C@@H]1/C2=C\C1CC1. The Morgan fingerprint density at radius 2 is 1.91 bits per heavy atom. The lowest BCUT2D eigenvalue weighted by Gasteiger charge is -2.67. The molecule has 3 N–H and O–H groups in total. The number of hydrogen-bond acceptors (Lipinski definition) is 8. The number of hydrogen-bond donors (Lipinski definition) is 3. The van der Waals surface area contributed by atoms with Gasteiger partial charge in [0.1, 0.15) is 11.7 Å². The first-order valence-electron chi connectivity index (χ1n) is 16.2. The second-order valence-electron chi connectivity index (χ2n) is 14.7. The number of pyridine rings is 1. The third-order valence-electron chi connectivity index (χ3n) is 11.8. The molecule has 4 unspecified atom stereocenters. The second kappa shape index (κ2) is 10.2. The van der Waals surface area contributed by atoms with Gasteiger partial charge in [0.15, 0.2) is 6.10 Å². The number of rotatable bonds is 8. The minimum absolute atomic E-state index is 0.0123. The predicted molar refractivity (Wildman–Crippen MR) is 155 cm³/mol. The summed E-state index contributed by atoms with van der Waals surface area (Å²) in [5.74, 6) is -1.82. The van der Waals surface area contributed by atoms with E-state index in [1.54, 1.807) is 6.07 Å². The summed E-state index contributed by atoms with van der Waals surface area (Å²) in [7, 11) is 1.40. The Kier molecular flexibility index (Phi) is 6.57. The normalized spacial score (nSPS) is 39.8. The number of halogens is 3. The molecule has 46 heavy (non-hydrogen) atoms. The van der Waals surface area contributed by atoms with Crippen LogP contribution in [-0.4, -0.2) is 64.7 Å². The van der Waals surface area contributed by atoms with Gasteiger partial charge in [-0.05, 0) is 81.6 Å². The van der Waals surface area contributed by atoms with E-state index in [0.717, 1.165) is 25.7 Å². The largest absolute Gasteiger partial charge is 0.480 e. The topological polar surface area (TPSA) is 146 Å². The van der Waals surface area contributed by atoms with Crippen molar-refractivity contribution in [3.05, 3.63) is 35.0 Å². The summed E-state index contributed by atoms with van der Waals surface area (Å²) in [5, 5.41) is 29.9. The van der Waals surface area contributed by atoms with Crippen molar-refractivity contribution in [1.29, 1.82) is 5.26 Å². The number of ether oxygens (including phenoxy) is 1. The van der Waals surface area contributed by atoms with Crippen LogP contribution in [0.5, 0.6) is 5.88 Å². The van der Waals surface area contributed by atoms with Gasteiger partial charge in [-0.3, -0.25) is 9.59 Å². The summed E-state index contributed by atoms with van der Waals surface area (Å²) >= 11 is 0. The van der Waals surface area contributed by atoms with E-state index >= 15 is 0 Å². The summed E-state index contributed by atoms with van der Waals surface area (Å²) in [6.07, 6.45) is 2.08. The van der Waals surface area contributed by atoms with Crippen LogP contribution in [0.25, 0.3) is 0 Å². The highest BCUT2D eigenvalue weighted by molar-refractivity contribution is 6.06. The van der Waals surface area contributed by atoms with Gasteiger partial charge < -0.3 is 25.3 Å². The fourth-order valence-corrected chi connectivity index (χ4v) is 9.52. The molecule has 2 heterocycles. The molecule has 7 aliphatic carbocycles. The number of aliphatic hydroxyl groups excluding tert-OH is 1. The van der Waals surface area contributed by atoms with Crippen molar-refractivity contribution in [2.75, 3.05) is 7.11 Å². The van der Waals surface area contributed by atoms with Crippen molar-refractivity contribution in [3.63, 3.8) is 0 Å². The van der Waals surface area contributed by atoms with Crippen LogP contribution in [-0.2, 0) is 9.63 Å². The number of aliphatic hydroxyl groups is 1. The van der Waals surface area contributed by atoms with Crippen molar-refractivity contribution in [2.24, 2.45) is 46.1 Å². The average Bonchev–Trinajstić information content (AvgIpc) is 3.27. The zero-order valence-electron chi connectivity index (χ0n) is 25.3. The molecule has 4 bridgehead atoms. The van der Waals surface area contributed by atoms with Gasteiger partial charge in [0.05, 0.1) is 30.2 Å². The van der Waals surface area contributed by atoms with E-state index in [1.807, 2.05) is 0 Å². The number of amides is 2. The smallest absolute Gasteiger partial charge is 0.414 e. The first-order chi connectivity index (χ1) is 21.9. The molecule has 7 fully saturated rings. The van der Waals surface area contributed by atoms with Crippen LogP contribution in [0.4, 0.5) is 13.2 Å². The van der Waals surface area contributed by atoms with Gasteiger partial charge in [0, 0.05) is 35.2 Å². The Bertz CT molecular complexity index is 1580. The van der Waals surface area contributed by atoms with Crippen molar-refractivity contribution >= 4 is 17.5 Å². The van der Waals surface area contributed by atoms with Gasteiger partial charge >= 0.3 is 6.18 Å². The molecule has 8 aliphatic rings. The Labute approximate surface area is 263 Å². The molecule has 13 heteroatoms. The summed E-state index contributed by atoms with van der Waals surface area (Å²) in [6, 6.07) is 3.51. The van der Waals surface area contributed by atoms with Gasteiger partial charge in [-0.2, -0.15) is 18.4 Å². The number of aromatic nitrogens is 1. The lowest BCUT2D eigenvalue weighted by Crippen LogP contribution is -2.75. The first-order valence-corrected chi connectivity index (χ1v) is 16.2. The minimum Gasteiger partial charge on any atom is -0.480 e. The lowest BCUT2D eigenvalue weighted by atomic mass is 9.40. The highest BCUT2D eigenvalue weighted by Gasteiger charge is 2.70. The molecule has 1 aromatic heterocycles. The Hall–Kier alpha value is -3.66. The number of nitrogens with zero attached hydrogens (tertiary/aromatic N) is 3. The van der Waals surface area contributed by atoms with Gasteiger partial charge in [-0.15, -0.1) is 0 Å². The fraction of sp³-hybridized carbons (Fsp3) is 0.667. The Morgan fingerprint density at radius 1 is 1.17 bits per heavy atom. The number of oxime groups is 1. The van der Waals surface area contributed by atoms with Crippen molar-refractivity contribution < 1.29 is 37.4 Å². The summed E-state index contributed by atoms with van der Waals surface area (Å²) in [4.78, 5) is 37.7. The monoisotopic (exact) mass is 639 g/mol. The van der Waals surface area contributed by atoms with E-state index in [4.69, 9.17) is 9.57 Å². The van der Waals surface area contributed by atoms with E-state index in [0.29, 0.717) is 36.5 Å². The number of nitriles is 1. The summed E-state index contributed by atoms with van der Waals surface area (Å²) < 4.78 is 45.1. The van der Waals surface area contributed by atoms with Gasteiger partial charge in [0.2, 0.25) is 11.8 Å². The van der Waals surface area contributed by atoms with Gasteiger partial charge in [-0.25, -0.2) is 4.98 Å². The van der Waals surface area contributed by atoms with Crippen LogP contribution in [0.1, 0.15) is 73.7 Å². The molecule has 10 nitrogen and oxygen atoms in total.